The fraction of sp³-hybridized carbons (Fsp3) is 0.667. The number of thiazole rings is 1. The zero-order valence-corrected chi connectivity index (χ0v) is 13.1. The summed E-state index contributed by atoms with van der Waals surface area (Å²) in [5.74, 6) is 0.837. The molecule has 1 aromatic rings. The average Bonchev–Trinajstić information content (AvgIpc) is 2.86. The molecule has 1 unspecified atom stereocenters. The van der Waals surface area contributed by atoms with Crippen molar-refractivity contribution >= 4 is 29.1 Å². The Labute approximate surface area is 118 Å². The third-order valence-electron chi connectivity index (χ3n) is 2.54. The van der Waals surface area contributed by atoms with Crippen molar-refractivity contribution in [3.8, 4) is 0 Å². The van der Waals surface area contributed by atoms with E-state index >= 15 is 0 Å². The maximum Gasteiger partial charge on any atom is 0.191 e. The van der Waals surface area contributed by atoms with Crippen LogP contribution in [0, 0.1) is 0 Å². The maximum atomic E-state index is 4.37. The molecule has 0 fully saturated rings. The number of rotatable bonds is 6. The average molecular weight is 286 g/mol. The highest BCUT2D eigenvalue weighted by Gasteiger charge is 2.04. The van der Waals surface area contributed by atoms with Crippen molar-refractivity contribution in [3.05, 3.63) is 16.1 Å². The first-order valence-electron chi connectivity index (χ1n) is 6.10. The lowest BCUT2D eigenvalue weighted by Crippen LogP contribution is -2.39. The second-order valence-corrected chi connectivity index (χ2v) is 6.40. The lowest BCUT2D eigenvalue weighted by Gasteiger charge is -2.13. The Bertz CT molecular complexity index is 376. The highest BCUT2D eigenvalue weighted by atomic mass is 32.2. The Hall–Kier alpha value is -0.750. The van der Waals surface area contributed by atoms with Crippen LogP contribution in [0.15, 0.2) is 11.2 Å². The standard InChI is InChI=1S/C12H22N4S2/c1-5-10-7-14-11(18-10)8-16-12(13-3)15-6-9(2)17-4/h7,9H,5-6,8H2,1-4H3,(H2,13,15,16). The van der Waals surface area contributed by atoms with Gasteiger partial charge in [-0.15, -0.1) is 11.3 Å². The molecule has 0 amide bonds. The maximum absolute atomic E-state index is 4.37. The number of hydrogen-bond acceptors (Lipinski definition) is 4. The van der Waals surface area contributed by atoms with Gasteiger partial charge in [0.05, 0.1) is 6.54 Å². The van der Waals surface area contributed by atoms with E-state index in [1.54, 1.807) is 18.4 Å². The van der Waals surface area contributed by atoms with Crippen molar-refractivity contribution in [2.24, 2.45) is 4.99 Å². The van der Waals surface area contributed by atoms with Gasteiger partial charge in [0.15, 0.2) is 5.96 Å². The van der Waals surface area contributed by atoms with Crippen LogP contribution in [-0.2, 0) is 13.0 Å². The molecule has 2 N–H and O–H groups in total. The van der Waals surface area contributed by atoms with E-state index < -0.39 is 0 Å². The monoisotopic (exact) mass is 286 g/mol. The van der Waals surface area contributed by atoms with Crippen molar-refractivity contribution in [2.45, 2.75) is 32.1 Å². The third-order valence-corrected chi connectivity index (χ3v) is 4.65. The van der Waals surface area contributed by atoms with Crippen LogP contribution in [0.5, 0.6) is 0 Å². The largest absolute Gasteiger partial charge is 0.355 e. The van der Waals surface area contributed by atoms with Gasteiger partial charge in [-0.1, -0.05) is 13.8 Å². The van der Waals surface area contributed by atoms with Crippen LogP contribution >= 0.6 is 23.1 Å². The molecule has 1 atom stereocenters. The van der Waals surface area contributed by atoms with E-state index in [0.717, 1.165) is 30.5 Å². The second-order valence-electron chi connectivity index (χ2n) is 3.93. The van der Waals surface area contributed by atoms with Gasteiger partial charge in [-0.05, 0) is 12.7 Å². The van der Waals surface area contributed by atoms with Crippen LogP contribution in [-0.4, -0.2) is 36.0 Å². The van der Waals surface area contributed by atoms with Gasteiger partial charge in [-0.3, -0.25) is 4.99 Å². The van der Waals surface area contributed by atoms with E-state index in [2.05, 4.69) is 40.7 Å². The number of aliphatic imine (C=N–C) groups is 1. The van der Waals surface area contributed by atoms with E-state index in [1.165, 1.54) is 4.88 Å². The zero-order valence-electron chi connectivity index (χ0n) is 11.5. The zero-order chi connectivity index (χ0) is 13.4. The molecule has 0 aliphatic heterocycles. The van der Waals surface area contributed by atoms with E-state index in [1.807, 2.05) is 18.0 Å². The van der Waals surface area contributed by atoms with Crippen molar-refractivity contribution in [3.63, 3.8) is 0 Å². The summed E-state index contributed by atoms with van der Waals surface area (Å²) in [5.41, 5.74) is 0. The highest BCUT2D eigenvalue weighted by molar-refractivity contribution is 7.99. The number of hydrogen-bond donors (Lipinski definition) is 2. The molecule has 102 valence electrons. The molecule has 0 radical (unpaired) electrons. The summed E-state index contributed by atoms with van der Waals surface area (Å²) in [6.07, 6.45) is 5.12. The molecule has 0 saturated carbocycles. The number of aromatic nitrogens is 1. The van der Waals surface area contributed by atoms with Crippen molar-refractivity contribution < 1.29 is 0 Å². The number of guanidine groups is 1. The molecule has 0 bridgehead atoms. The lowest BCUT2D eigenvalue weighted by molar-refractivity contribution is 0.788. The van der Waals surface area contributed by atoms with Crippen molar-refractivity contribution in [1.29, 1.82) is 0 Å². The molecular formula is C12H22N4S2. The van der Waals surface area contributed by atoms with Crippen LogP contribution in [0.25, 0.3) is 0 Å². The van der Waals surface area contributed by atoms with Crippen molar-refractivity contribution in [1.82, 2.24) is 15.6 Å². The van der Waals surface area contributed by atoms with Crippen LogP contribution < -0.4 is 10.6 Å². The second kappa shape index (κ2) is 8.37. The predicted molar refractivity (Wildman–Crippen MR) is 82.7 cm³/mol. The lowest BCUT2D eigenvalue weighted by atomic mass is 10.4. The smallest absolute Gasteiger partial charge is 0.191 e. The van der Waals surface area contributed by atoms with E-state index in [9.17, 15) is 0 Å². The van der Waals surface area contributed by atoms with Gasteiger partial charge >= 0.3 is 0 Å². The molecule has 1 aromatic heterocycles. The third kappa shape index (κ3) is 5.27. The number of nitrogens with zero attached hydrogens (tertiary/aromatic N) is 2. The minimum absolute atomic E-state index is 0.579. The SMILES string of the molecule is CCc1cnc(CNC(=NC)NCC(C)SC)s1. The summed E-state index contributed by atoms with van der Waals surface area (Å²) < 4.78 is 0. The van der Waals surface area contributed by atoms with Crippen LogP contribution in [0.3, 0.4) is 0 Å². The topological polar surface area (TPSA) is 49.3 Å². The number of aryl methyl sites for hydroxylation is 1. The first kappa shape index (κ1) is 15.3. The molecular weight excluding hydrogens is 264 g/mol. The number of thioether (sulfide) groups is 1. The fourth-order valence-electron chi connectivity index (χ4n) is 1.30. The summed E-state index contributed by atoms with van der Waals surface area (Å²) in [6, 6.07) is 0. The minimum atomic E-state index is 0.579. The minimum Gasteiger partial charge on any atom is -0.355 e. The molecule has 0 spiro atoms. The van der Waals surface area contributed by atoms with E-state index in [0.29, 0.717) is 5.25 Å². The van der Waals surface area contributed by atoms with Gasteiger partial charge in [-0.25, -0.2) is 4.98 Å². The normalized spacial score (nSPS) is 13.4. The predicted octanol–water partition coefficient (Wildman–Crippen LogP) is 2.12. The molecule has 1 heterocycles. The quantitative estimate of drug-likeness (QED) is 0.621. The number of nitrogens with one attached hydrogen (secondary N) is 2. The van der Waals surface area contributed by atoms with Crippen LogP contribution in [0.4, 0.5) is 0 Å². The molecule has 0 saturated heterocycles. The molecule has 0 aromatic carbocycles. The van der Waals surface area contributed by atoms with E-state index in [-0.39, 0.29) is 0 Å². The molecule has 4 nitrogen and oxygen atoms in total. The summed E-state index contributed by atoms with van der Waals surface area (Å²) in [7, 11) is 1.79. The molecule has 0 aliphatic carbocycles. The summed E-state index contributed by atoms with van der Waals surface area (Å²) >= 11 is 3.60. The van der Waals surface area contributed by atoms with Crippen molar-refractivity contribution in [2.75, 3.05) is 19.8 Å². The Morgan fingerprint density at radius 1 is 1.56 bits per heavy atom. The van der Waals surface area contributed by atoms with Gasteiger partial charge in [0.25, 0.3) is 0 Å². The van der Waals surface area contributed by atoms with E-state index in [4.69, 9.17) is 0 Å². The summed E-state index contributed by atoms with van der Waals surface area (Å²) in [5, 5.41) is 8.27. The molecule has 18 heavy (non-hydrogen) atoms. The Morgan fingerprint density at radius 2 is 2.33 bits per heavy atom. The van der Waals surface area contributed by atoms with Crippen LogP contribution in [0.1, 0.15) is 23.7 Å². The van der Waals surface area contributed by atoms with Gasteiger partial charge < -0.3 is 10.6 Å². The van der Waals surface area contributed by atoms with Gasteiger partial charge in [-0.2, -0.15) is 11.8 Å². The Balaban J connectivity index is 2.35. The van der Waals surface area contributed by atoms with Gasteiger partial charge in [0.2, 0.25) is 0 Å². The molecule has 1 rings (SSSR count). The Morgan fingerprint density at radius 3 is 2.89 bits per heavy atom. The molecule has 6 heteroatoms. The Kier molecular flexibility index (Phi) is 7.12. The van der Waals surface area contributed by atoms with Crippen LogP contribution in [0.2, 0.25) is 0 Å². The van der Waals surface area contributed by atoms with Gasteiger partial charge in [0.1, 0.15) is 5.01 Å². The summed E-state index contributed by atoms with van der Waals surface area (Å²) in [6.45, 7) is 5.99. The first-order valence-corrected chi connectivity index (χ1v) is 8.20. The highest BCUT2D eigenvalue weighted by Crippen LogP contribution is 2.12. The fourth-order valence-corrected chi connectivity index (χ4v) is 2.35. The summed E-state index contributed by atoms with van der Waals surface area (Å²) in [4.78, 5) is 9.90. The van der Waals surface area contributed by atoms with Gasteiger partial charge in [0, 0.05) is 29.9 Å². The first-order chi connectivity index (χ1) is 8.69. The molecule has 0 aliphatic rings.